The first-order valence-corrected chi connectivity index (χ1v) is 6.92. The molecule has 1 saturated heterocycles. The van der Waals surface area contributed by atoms with Gasteiger partial charge in [0.15, 0.2) is 0 Å². The van der Waals surface area contributed by atoms with Gasteiger partial charge in [-0.05, 0) is 17.5 Å². The molecule has 0 aromatic heterocycles. The molecule has 2 aliphatic heterocycles. The molecule has 2 N–H and O–H groups in total. The highest BCUT2D eigenvalue weighted by Gasteiger charge is 2.40. The molecule has 3 rings (SSSR count). The topological polar surface area (TPSA) is 69.6 Å². The first-order valence-electron chi connectivity index (χ1n) is 6.92. The zero-order valence-electron chi connectivity index (χ0n) is 11.4. The third kappa shape index (κ3) is 2.13. The van der Waals surface area contributed by atoms with E-state index in [0.717, 1.165) is 11.3 Å². The highest BCUT2D eigenvalue weighted by Crippen LogP contribution is 2.29. The van der Waals surface area contributed by atoms with Crippen molar-refractivity contribution < 1.29 is 14.7 Å². The van der Waals surface area contributed by atoms with Gasteiger partial charge in [-0.2, -0.15) is 0 Å². The van der Waals surface area contributed by atoms with E-state index in [2.05, 4.69) is 5.32 Å². The van der Waals surface area contributed by atoms with E-state index >= 15 is 0 Å². The number of anilines is 1. The van der Waals surface area contributed by atoms with Crippen LogP contribution in [0.25, 0.3) is 0 Å². The van der Waals surface area contributed by atoms with Gasteiger partial charge in [-0.3, -0.25) is 9.59 Å². The van der Waals surface area contributed by atoms with E-state index < -0.39 is 11.9 Å². The molecule has 3 atom stereocenters. The minimum atomic E-state index is -0.810. The molecule has 106 valence electrons. The predicted octanol–water partition coefficient (Wildman–Crippen LogP) is 1.20. The quantitative estimate of drug-likeness (QED) is 0.850. The highest BCUT2D eigenvalue weighted by molar-refractivity contribution is 5.88. The van der Waals surface area contributed by atoms with Crippen LogP contribution in [0.2, 0.25) is 0 Å². The number of amides is 1. The number of nitrogens with zero attached hydrogens (tertiary/aromatic N) is 1. The number of nitrogens with one attached hydrogen (secondary N) is 1. The van der Waals surface area contributed by atoms with Crippen LogP contribution in [0.1, 0.15) is 12.5 Å². The maximum Gasteiger partial charge on any atom is 0.308 e. The molecule has 1 amide bonds. The third-order valence-corrected chi connectivity index (χ3v) is 4.31. The monoisotopic (exact) mass is 274 g/mol. The van der Waals surface area contributed by atoms with Crippen LogP contribution < -0.4 is 5.32 Å². The second-order valence-corrected chi connectivity index (χ2v) is 5.72. The Bertz CT molecular complexity index is 533. The van der Waals surface area contributed by atoms with Crippen LogP contribution in [0.3, 0.4) is 0 Å². The molecule has 2 aliphatic rings. The van der Waals surface area contributed by atoms with Gasteiger partial charge in [0, 0.05) is 25.2 Å². The summed E-state index contributed by atoms with van der Waals surface area (Å²) in [6, 6.07) is 7.63. The lowest BCUT2D eigenvalue weighted by atomic mass is 9.99. The number of aliphatic carboxylic acids is 1. The number of benzene rings is 1. The Hall–Kier alpha value is -2.04. The van der Waals surface area contributed by atoms with Gasteiger partial charge in [0.25, 0.3) is 0 Å². The van der Waals surface area contributed by atoms with Crippen molar-refractivity contribution in [2.45, 2.75) is 19.4 Å². The number of rotatable bonds is 2. The molecule has 0 bridgehead atoms. The summed E-state index contributed by atoms with van der Waals surface area (Å²) in [5.74, 6) is -1.23. The number of likely N-dealkylation sites (tertiary alicyclic amines) is 1. The molecule has 0 saturated carbocycles. The van der Waals surface area contributed by atoms with Gasteiger partial charge in [-0.15, -0.1) is 0 Å². The number of fused-ring (bicyclic) bond motifs is 1. The first-order chi connectivity index (χ1) is 9.56. The van der Waals surface area contributed by atoms with E-state index in [1.54, 1.807) is 4.90 Å². The van der Waals surface area contributed by atoms with Gasteiger partial charge >= 0.3 is 5.97 Å². The number of hydrogen-bond donors (Lipinski definition) is 2. The molecule has 2 heterocycles. The molecular weight excluding hydrogens is 256 g/mol. The van der Waals surface area contributed by atoms with E-state index in [9.17, 15) is 9.59 Å². The van der Waals surface area contributed by atoms with Gasteiger partial charge in [-0.25, -0.2) is 0 Å². The number of hydrogen-bond acceptors (Lipinski definition) is 3. The van der Waals surface area contributed by atoms with E-state index in [4.69, 9.17) is 5.11 Å². The summed E-state index contributed by atoms with van der Waals surface area (Å²) in [4.78, 5) is 25.3. The third-order valence-electron chi connectivity index (χ3n) is 4.31. The molecular formula is C15H18N2O3. The van der Waals surface area contributed by atoms with Crippen molar-refractivity contribution in [3.05, 3.63) is 29.8 Å². The Morgan fingerprint density at radius 3 is 2.70 bits per heavy atom. The van der Waals surface area contributed by atoms with Crippen molar-refractivity contribution in [1.82, 2.24) is 4.90 Å². The van der Waals surface area contributed by atoms with Crippen molar-refractivity contribution in [3.8, 4) is 0 Å². The van der Waals surface area contributed by atoms with Crippen LogP contribution in [0.4, 0.5) is 5.69 Å². The Labute approximate surface area is 117 Å². The van der Waals surface area contributed by atoms with Crippen LogP contribution in [0.5, 0.6) is 0 Å². The zero-order chi connectivity index (χ0) is 14.3. The minimum absolute atomic E-state index is 0.0109. The summed E-state index contributed by atoms with van der Waals surface area (Å²) in [7, 11) is 0. The molecule has 0 aliphatic carbocycles. The number of carbonyl (C=O) groups is 2. The van der Waals surface area contributed by atoms with E-state index in [1.165, 1.54) is 0 Å². The number of carbonyl (C=O) groups excluding carboxylic acids is 1. The fourth-order valence-electron chi connectivity index (χ4n) is 3.14. The fraction of sp³-hybridized carbons (Fsp3) is 0.467. The molecule has 1 fully saturated rings. The maximum absolute atomic E-state index is 12.5. The average molecular weight is 274 g/mol. The average Bonchev–Trinajstić information content (AvgIpc) is 3.01. The molecule has 1 aromatic carbocycles. The summed E-state index contributed by atoms with van der Waals surface area (Å²) >= 11 is 0. The summed E-state index contributed by atoms with van der Waals surface area (Å²) in [5.41, 5.74) is 2.15. The normalized spacial score (nSPS) is 28.1. The van der Waals surface area contributed by atoms with Gasteiger partial charge < -0.3 is 15.3 Å². The van der Waals surface area contributed by atoms with E-state index in [0.29, 0.717) is 19.5 Å². The van der Waals surface area contributed by atoms with Crippen molar-refractivity contribution >= 4 is 17.6 Å². The van der Waals surface area contributed by atoms with Crippen LogP contribution in [0, 0.1) is 11.8 Å². The molecule has 20 heavy (non-hydrogen) atoms. The van der Waals surface area contributed by atoms with Gasteiger partial charge in [0.2, 0.25) is 5.91 Å². The van der Waals surface area contributed by atoms with Crippen LogP contribution >= 0.6 is 0 Å². The Morgan fingerprint density at radius 1 is 1.30 bits per heavy atom. The first kappa shape index (κ1) is 13.0. The lowest BCUT2D eigenvalue weighted by Crippen LogP contribution is -2.41. The molecule has 5 nitrogen and oxygen atoms in total. The summed E-state index contributed by atoms with van der Waals surface area (Å²) < 4.78 is 0. The van der Waals surface area contributed by atoms with Crippen LogP contribution in [-0.4, -0.2) is 41.0 Å². The van der Waals surface area contributed by atoms with Gasteiger partial charge in [0.1, 0.15) is 6.04 Å². The Morgan fingerprint density at radius 2 is 2.05 bits per heavy atom. The van der Waals surface area contributed by atoms with E-state index in [-0.39, 0.29) is 17.9 Å². The minimum Gasteiger partial charge on any atom is -0.481 e. The number of para-hydroxylation sites is 1. The second kappa shape index (κ2) is 4.81. The smallest absolute Gasteiger partial charge is 0.308 e. The standard InChI is InChI=1S/C15H18N2O3/c1-9-7-17(8-11(9)15(19)20)14(18)13-6-10-4-2-3-5-12(10)16-13/h2-5,9,11,13,16H,6-8H2,1H3,(H,19,20). The van der Waals surface area contributed by atoms with Crippen LogP contribution in [-0.2, 0) is 16.0 Å². The Balaban J connectivity index is 1.69. The lowest BCUT2D eigenvalue weighted by Gasteiger charge is -2.20. The van der Waals surface area contributed by atoms with Gasteiger partial charge in [0.05, 0.1) is 5.92 Å². The molecule has 5 heteroatoms. The number of carboxylic acids is 1. The highest BCUT2D eigenvalue weighted by atomic mass is 16.4. The fourth-order valence-corrected chi connectivity index (χ4v) is 3.14. The SMILES string of the molecule is CC1CN(C(=O)C2Cc3ccccc3N2)CC1C(=O)O. The van der Waals surface area contributed by atoms with Crippen molar-refractivity contribution in [2.24, 2.45) is 11.8 Å². The lowest BCUT2D eigenvalue weighted by molar-refractivity contribution is -0.142. The van der Waals surface area contributed by atoms with Crippen molar-refractivity contribution in [2.75, 3.05) is 18.4 Å². The summed E-state index contributed by atoms with van der Waals surface area (Å²) in [5, 5.41) is 12.4. The molecule has 1 aromatic rings. The predicted molar refractivity (Wildman–Crippen MR) is 74.4 cm³/mol. The second-order valence-electron chi connectivity index (χ2n) is 5.72. The van der Waals surface area contributed by atoms with Gasteiger partial charge in [-0.1, -0.05) is 25.1 Å². The zero-order valence-corrected chi connectivity index (χ0v) is 11.4. The largest absolute Gasteiger partial charge is 0.481 e. The Kier molecular flexibility index (Phi) is 3.12. The van der Waals surface area contributed by atoms with Crippen molar-refractivity contribution in [3.63, 3.8) is 0 Å². The summed E-state index contributed by atoms with van der Waals surface area (Å²) in [6.45, 7) is 2.75. The van der Waals surface area contributed by atoms with E-state index in [1.807, 2.05) is 31.2 Å². The molecule has 3 unspecified atom stereocenters. The number of carboxylic acid groups (broad SMARTS) is 1. The molecule has 0 radical (unpaired) electrons. The molecule has 0 spiro atoms. The summed E-state index contributed by atoms with van der Waals surface area (Å²) in [6.07, 6.45) is 0.678. The van der Waals surface area contributed by atoms with Crippen LogP contribution in [0.15, 0.2) is 24.3 Å². The van der Waals surface area contributed by atoms with Crippen molar-refractivity contribution in [1.29, 1.82) is 0 Å². The maximum atomic E-state index is 12.5.